The van der Waals surface area contributed by atoms with Gasteiger partial charge in [-0.3, -0.25) is 4.79 Å². The molecule has 0 saturated heterocycles. The number of sulfonamides is 1. The minimum absolute atomic E-state index is 0.0229. The topological polar surface area (TPSA) is 83.5 Å². The Kier molecular flexibility index (Phi) is 5.37. The Labute approximate surface area is 125 Å². The molecule has 19 heavy (non-hydrogen) atoms. The summed E-state index contributed by atoms with van der Waals surface area (Å²) in [6, 6.07) is 3.31. The number of carbonyl (C=O) groups is 1. The first-order valence-corrected chi connectivity index (χ1v) is 8.01. The van der Waals surface area contributed by atoms with Gasteiger partial charge < -0.3 is 5.11 Å². The quantitative estimate of drug-likeness (QED) is 0.834. The summed E-state index contributed by atoms with van der Waals surface area (Å²) in [5.41, 5.74) is 0. The van der Waals surface area contributed by atoms with Gasteiger partial charge in [0.1, 0.15) is 10.9 Å². The summed E-state index contributed by atoms with van der Waals surface area (Å²) in [4.78, 5) is 10.9. The highest BCUT2D eigenvalue weighted by atomic mass is 79.9. The molecule has 0 spiro atoms. The number of hydrogen-bond donors (Lipinski definition) is 2. The maximum Gasteiger partial charge on any atom is 0.322 e. The van der Waals surface area contributed by atoms with Crippen LogP contribution >= 0.6 is 27.5 Å². The highest BCUT2D eigenvalue weighted by Gasteiger charge is 2.30. The lowest BCUT2D eigenvalue weighted by Crippen LogP contribution is -2.44. The first-order valence-electron chi connectivity index (χ1n) is 5.36. The monoisotopic (exact) mass is 369 g/mol. The summed E-state index contributed by atoms with van der Waals surface area (Å²) in [5, 5.41) is 9.04. The molecule has 0 radical (unpaired) electrons. The molecule has 2 N–H and O–H groups in total. The molecule has 0 amide bonds. The van der Waals surface area contributed by atoms with Gasteiger partial charge in [-0.15, -0.1) is 0 Å². The van der Waals surface area contributed by atoms with E-state index in [1.54, 1.807) is 19.9 Å². The molecule has 5 nitrogen and oxygen atoms in total. The predicted molar refractivity (Wildman–Crippen MR) is 75.7 cm³/mol. The standard InChI is InChI=1S/C11H13BrClNO4S/c1-6(2)9(11(15)16)14-19(17,18)10-7(12)4-3-5-8(10)13/h3-6,9,14H,1-2H3,(H,15,16)/t9-/m0/s1. The number of hydrogen-bond acceptors (Lipinski definition) is 3. The van der Waals surface area contributed by atoms with Crippen molar-refractivity contribution in [1.29, 1.82) is 0 Å². The Bertz CT molecular complexity index is 568. The van der Waals surface area contributed by atoms with Crippen molar-refractivity contribution in [2.45, 2.75) is 24.8 Å². The van der Waals surface area contributed by atoms with E-state index in [1.807, 2.05) is 0 Å². The number of carboxylic acids is 1. The lowest BCUT2D eigenvalue weighted by Gasteiger charge is -2.19. The summed E-state index contributed by atoms with van der Waals surface area (Å²) in [5.74, 6) is -1.63. The van der Waals surface area contributed by atoms with E-state index >= 15 is 0 Å². The van der Waals surface area contributed by atoms with Gasteiger partial charge in [0.05, 0.1) is 5.02 Å². The Morgan fingerprint density at radius 1 is 1.42 bits per heavy atom. The van der Waals surface area contributed by atoms with Crippen LogP contribution in [-0.4, -0.2) is 25.5 Å². The van der Waals surface area contributed by atoms with E-state index in [0.29, 0.717) is 0 Å². The molecule has 0 aliphatic heterocycles. The fraction of sp³-hybridized carbons (Fsp3) is 0.364. The molecule has 8 heteroatoms. The van der Waals surface area contributed by atoms with Crippen molar-refractivity contribution in [3.05, 3.63) is 27.7 Å². The first kappa shape index (κ1) is 16.4. The molecule has 0 bridgehead atoms. The van der Waals surface area contributed by atoms with E-state index in [2.05, 4.69) is 20.7 Å². The Hall–Kier alpha value is -0.630. The molecule has 0 aromatic heterocycles. The largest absolute Gasteiger partial charge is 0.480 e. The van der Waals surface area contributed by atoms with Crippen LogP contribution in [0.5, 0.6) is 0 Å². The first-order chi connectivity index (χ1) is 8.66. The zero-order valence-corrected chi connectivity index (χ0v) is 13.4. The van der Waals surface area contributed by atoms with Gasteiger partial charge in [-0.1, -0.05) is 31.5 Å². The third kappa shape index (κ3) is 3.92. The minimum atomic E-state index is -4.02. The van der Waals surface area contributed by atoms with Crippen molar-refractivity contribution in [3.8, 4) is 0 Å². The molecule has 0 unspecified atom stereocenters. The molecule has 1 aromatic rings. The highest BCUT2D eigenvalue weighted by molar-refractivity contribution is 9.10. The molecule has 0 fully saturated rings. The number of nitrogens with one attached hydrogen (secondary N) is 1. The molecular formula is C11H13BrClNO4S. The predicted octanol–water partition coefficient (Wildman–Crippen LogP) is 2.49. The van der Waals surface area contributed by atoms with E-state index in [1.165, 1.54) is 12.1 Å². The van der Waals surface area contributed by atoms with Gasteiger partial charge >= 0.3 is 5.97 Å². The van der Waals surface area contributed by atoms with E-state index < -0.39 is 28.0 Å². The van der Waals surface area contributed by atoms with Crippen LogP contribution in [0.4, 0.5) is 0 Å². The van der Waals surface area contributed by atoms with Crippen molar-refractivity contribution in [2.75, 3.05) is 0 Å². The Morgan fingerprint density at radius 2 is 2.00 bits per heavy atom. The van der Waals surface area contributed by atoms with Crippen molar-refractivity contribution >= 4 is 43.5 Å². The molecule has 0 aliphatic rings. The third-order valence-corrected chi connectivity index (χ3v) is 5.29. The van der Waals surface area contributed by atoms with Crippen molar-refractivity contribution < 1.29 is 18.3 Å². The van der Waals surface area contributed by atoms with Crippen LogP contribution in [0.25, 0.3) is 0 Å². The summed E-state index contributed by atoms with van der Waals surface area (Å²) in [7, 11) is -4.02. The van der Waals surface area contributed by atoms with Crippen LogP contribution in [0.15, 0.2) is 27.6 Å². The molecule has 0 saturated carbocycles. The van der Waals surface area contributed by atoms with Gasteiger partial charge in [-0.2, -0.15) is 4.72 Å². The summed E-state index contributed by atoms with van der Waals surface area (Å²) in [6.07, 6.45) is 0. The number of rotatable bonds is 5. The molecule has 0 heterocycles. The maximum atomic E-state index is 12.2. The van der Waals surface area contributed by atoms with Crippen LogP contribution in [0.2, 0.25) is 5.02 Å². The normalized spacial score (nSPS) is 13.5. The van der Waals surface area contributed by atoms with Crippen LogP contribution in [0, 0.1) is 5.92 Å². The number of aliphatic carboxylic acids is 1. The van der Waals surface area contributed by atoms with Crippen molar-refractivity contribution in [1.82, 2.24) is 4.72 Å². The van der Waals surface area contributed by atoms with E-state index in [-0.39, 0.29) is 14.4 Å². The second-order valence-electron chi connectivity index (χ2n) is 4.23. The van der Waals surface area contributed by atoms with Crippen molar-refractivity contribution in [3.63, 3.8) is 0 Å². The Morgan fingerprint density at radius 3 is 2.42 bits per heavy atom. The second-order valence-corrected chi connectivity index (χ2v) is 7.14. The molecule has 106 valence electrons. The smallest absolute Gasteiger partial charge is 0.322 e. The highest BCUT2D eigenvalue weighted by Crippen LogP contribution is 2.29. The van der Waals surface area contributed by atoms with Gasteiger partial charge in [0.2, 0.25) is 10.0 Å². The van der Waals surface area contributed by atoms with E-state index in [4.69, 9.17) is 16.7 Å². The number of carboxylic acid groups (broad SMARTS) is 1. The average molecular weight is 371 g/mol. The SMILES string of the molecule is CC(C)[C@H](NS(=O)(=O)c1c(Cl)cccc1Br)C(=O)O. The molecule has 0 aliphatic carbocycles. The summed E-state index contributed by atoms with van der Waals surface area (Å²) < 4.78 is 26.8. The van der Waals surface area contributed by atoms with Gasteiger partial charge in [0, 0.05) is 4.47 Å². The number of benzene rings is 1. The molecule has 1 atom stereocenters. The van der Waals surface area contributed by atoms with Crippen LogP contribution in [0.3, 0.4) is 0 Å². The second kappa shape index (κ2) is 6.21. The van der Waals surface area contributed by atoms with Crippen molar-refractivity contribution in [2.24, 2.45) is 5.92 Å². The fourth-order valence-electron chi connectivity index (χ4n) is 1.44. The lowest BCUT2D eigenvalue weighted by molar-refractivity contribution is -0.140. The zero-order valence-electron chi connectivity index (χ0n) is 10.2. The van der Waals surface area contributed by atoms with Gasteiger partial charge in [-0.25, -0.2) is 8.42 Å². The van der Waals surface area contributed by atoms with Gasteiger partial charge in [-0.05, 0) is 34.0 Å². The van der Waals surface area contributed by atoms with Gasteiger partial charge in [0.15, 0.2) is 0 Å². The van der Waals surface area contributed by atoms with E-state index in [0.717, 1.165) is 0 Å². The summed E-state index contributed by atoms with van der Waals surface area (Å²) in [6.45, 7) is 3.23. The van der Waals surface area contributed by atoms with Crippen LogP contribution in [-0.2, 0) is 14.8 Å². The van der Waals surface area contributed by atoms with Gasteiger partial charge in [0.25, 0.3) is 0 Å². The molecule has 1 aromatic carbocycles. The molecular weight excluding hydrogens is 358 g/mol. The van der Waals surface area contributed by atoms with E-state index in [9.17, 15) is 13.2 Å². The summed E-state index contributed by atoms with van der Waals surface area (Å²) >= 11 is 8.96. The fourth-order valence-corrected chi connectivity index (χ4v) is 4.51. The van der Waals surface area contributed by atoms with Crippen LogP contribution < -0.4 is 4.72 Å². The maximum absolute atomic E-state index is 12.2. The number of halogens is 2. The average Bonchev–Trinajstić information content (AvgIpc) is 2.24. The zero-order chi connectivity index (χ0) is 14.8. The van der Waals surface area contributed by atoms with Crippen LogP contribution in [0.1, 0.15) is 13.8 Å². The third-order valence-electron chi connectivity index (χ3n) is 2.40. The molecule has 1 rings (SSSR count). The minimum Gasteiger partial charge on any atom is -0.480 e. The lowest BCUT2D eigenvalue weighted by atomic mass is 10.1. The Balaban J connectivity index is 3.22.